The second-order valence-electron chi connectivity index (χ2n) is 4.43. The largest absolute Gasteiger partial charge is 0.396 e. The van der Waals surface area contributed by atoms with E-state index in [9.17, 15) is 4.79 Å². The molecule has 0 fully saturated rings. The minimum Gasteiger partial charge on any atom is -0.396 e. The average molecular weight is 221 g/mol. The van der Waals surface area contributed by atoms with Crippen LogP contribution in [0.4, 0.5) is 0 Å². The number of pyridine rings is 1. The van der Waals surface area contributed by atoms with Gasteiger partial charge in [-0.1, -0.05) is 6.07 Å². The molecular formula is C13H19NO2. The molecule has 1 aliphatic carbocycles. The number of hydrogen-bond donors (Lipinski definition) is 1. The predicted molar refractivity (Wildman–Crippen MR) is 63.7 cm³/mol. The van der Waals surface area contributed by atoms with Gasteiger partial charge in [0, 0.05) is 24.9 Å². The Bertz CT molecular complexity index is 409. The van der Waals surface area contributed by atoms with Gasteiger partial charge in [0.15, 0.2) is 0 Å². The SMILES string of the molecule is O=c1ccc2c(n1CCCCCO)CCC2. The highest BCUT2D eigenvalue weighted by Gasteiger charge is 2.14. The summed E-state index contributed by atoms with van der Waals surface area (Å²) in [4.78, 5) is 11.8. The Morgan fingerprint density at radius 3 is 2.88 bits per heavy atom. The van der Waals surface area contributed by atoms with Crippen molar-refractivity contribution >= 4 is 0 Å². The van der Waals surface area contributed by atoms with Crippen LogP contribution in [0.25, 0.3) is 0 Å². The fourth-order valence-corrected chi connectivity index (χ4v) is 2.44. The van der Waals surface area contributed by atoms with Crippen LogP contribution in [0.2, 0.25) is 0 Å². The molecule has 0 bridgehead atoms. The molecule has 0 spiro atoms. The Labute approximate surface area is 95.7 Å². The first kappa shape index (κ1) is 11.4. The van der Waals surface area contributed by atoms with E-state index in [0.29, 0.717) is 0 Å². The molecular weight excluding hydrogens is 202 g/mol. The molecule has 1 heterocycles. The lowest BCUT2D eigenvalue weighted by atomic mass is 10.2. The van der Waals surface area contributed by atoms with Gasteiger partial charge in [0.05, 0.1) is 0 Å². The van der Waals surface area contributed by atoms with Gasteiger partial charge in [-0.2, -0.15) is 0 Å². The maximum atomic E-state index is 11.8. The van der Waals surface area contributed by atoms with Gasteiger partial charge in [-0.25, -0.2) is 0 Å². The first-order valence-electron chi connectivity index (χ1n) is 6.15. The van der Waals surface area contributed by atoms with E-state index in [-0.39, 0.29) is 12.2 Å². The molecule has 1 aromatic rings. The van der Waals surface area contributed by atoms with E-state index in [1.54, 1.807) is 6.07 Å². The van der Waals surface area contributed by atoms with Crippen LogP contribution in [0, 0.1) is 0 Å². The molecule has 16 heavy (non-hydrogen) atoms. The van der Waals surface area contributed by atoms with Gasteiger partial charge < -0.3 is 9.67 Å². The van der Waals surface area contributed by atoms with Gasteiger partial charge in [-0.3, -0.25) is 4.79 Å². The van der Waals surface area contributed by atoms with Gasteiger partial charge in [-0.15, -0.1) is 0 Å². The van der Waals surface area contributed by atoms with Gasteiger partial charge in [0.2, 0.25) is 0 Å². The zero-order chi connectivity index (χ0) is 11.4. The first-order chi connectivity index (χ1) is 7.83. The number of aliphatic hydroxyl groups is 1. The number of aryl methyl sites for hydroxylation is 1. The van der Waals surface area contributed by atoms with Crippen molar-refractivity contribution in [1.29, 1.82) is 0 Å². The molecule has 0 radical (unpaired) electrons. The molecule has 0 saturated carbocycles. The number of fused-ring (bicyclic) bond motifs is 1. The third-order valence-corrected chi connectivity index (χ3v) is 3.29. The third-order valence-electron chi connectivity index (χ3n) is 3.29. The van der Waals surface area contributed by atoms with E-state index in [1.807, 2.05) is 10.6 Å². The Morgan fingerprint density at radius 1 is 1.19 bits per heavy atom. The lowest BCUT2D eigenvalue weighted by molar-refractivity contribution is 0.281. The normalized spacial score (nSPS) is 14.1. The highest BCUT2D eigenvalue weighted by molar-refractivity contribution is 5.25. The minimum atomic E-state index is 0.129. The number of hydrogen-bond acceptors (Lipinski definition) is 2. The molecule has 3 nitrogen and oxygen atoms in total. The fourth-order valence-electron chi connectivity index (χ4n) is 2.44. The molecule has 0 aromatic carbocycles. The molecule has 2 rings (SSSR count). The molecule has 88 valence electrons. The molecule has 0 saturated heterocycles. The van der Waals surface area contributed by atoms with Gasteiger partial charge in [-0.05, 0) is 44.1 Å². The average Bonchev–Trinajstić information content (AvgIpc) is 2.75. The van der Waals surface area contributed by atoms with Crippen LogP contribution in [-0.2, 0) is 19.4 Å². The van der Waals surface area contributed by atoms with E-state index < -0.39 is 0 Å². The quantitative estimate of drug-likeness (QED) is 0.766. The van der Waals surface area contributed by atoms with Crippen LogP contribution in [0.5, 0.6) is 0 Å². The molecule has 0 aliphatic heterocycles. The van der Waals surface area contributed by atoms with Crippen molar-refractivity contribution in [3.63, 3.8) is 0 Å². The summed E-state index contributed by atoms with van der Waals surface area (Å²) < 4.78 is 1.93. The summed E-state index contributed by atoms with van der Waals surface area (Å²) in [5, 5.41) is 8.70. The van der Waals surface area contributed by atoms with E-state index in [0.717, 1.165) is 38.6 Å². The van der Waals surface area contributed by atoms with E-state index in [1.165, 1.54) is 17.7 Å². The van der Waals surface area contributed by atoms with Crippen LogP contribution in [0.3, 0.4) is 0 Å². The van der Waals surface area contributed by atoms with Crippen molar-refractivity contribution in [2.24, 2.45) is 0 Å². The molecule has 1 aromatic heterocycles. The van der Waals surface area contributed by atoms with E-state index in [4.69, 9.17) is 5.11 Å². The van der Waals surface area contributed by atoms with Crippen molar-refractivity contribution in [3.8, 4) is 0 Å². The first-order valence-corrected chi connectivity index (χ1v) is 6.15. The van der Waals surface area contributed by atoms with Crippen molar-refractivity contribution in [2.75, 3.05) is 6.61 Å². The minimum absolute atomic E-state index is 0.129. The van der Waals surface area contributed by atoms with Crippen LogP contribution < -0.4 is 5.56 Å². The Kier molecular flexibility index (Phi) is 3.78. The second kappa shape index (κ2) is 5.30. The lowest BCUT2D eigenvalue weighted by Gasteiger charge is -2.11. The zero-order valence-corrected chi connectivity index (χ0v) is 9.61. The highest BCUT2D eigenvalue weighted by atomic mass is 16.2. The molecule has 1 aliphatic rings. The number of nitrogens with zero attached hydrogens (tertiary/aromatic N) is 1. The molecule has 0 unspecified atom stereocenters. The van der Waals surface area contributed by atoms with Crippen molar-refractivity contribution in [1.82, 2.24) is 4.57 Å². The van der Waals surface area contributed by atoms with Gasteiger partial charge >= 0.3 is 0 Å². The number of rotatable bonds is 5. The lowest BCUT2D eigenvalue weighted by Crippen LogP contribution is -2.22. The van der Waals surface area contributed by atoms with Crippen molar-refractivity contribution in [2.45, 2.75) is 45.1 Å². The molecule has 0 amide bonds. The van der Waals surface area contributed by atoms with Gasteiger partial charge in [0.25, 0.3) is 5.56 Å². The maximum Gasteiger partial charge on any atom is 0.250 e. The number of aromatic nitrogens is 1. The summed E-state index contributed by atoms with van der Waals surface area (Å²) in [5.74, 6) is 0. The predicted octanol–water partition coefficient (Wildman–Crippen LogP) is 1.50. The summed E-state index contributed by atoms with van der Waals surface area (Å²) in [6.45, 7) is 1.06. The monoisotopic (exact) mass is 221 g/mol. The second-order valence-corrected chi connectivity index (χ2v) is 4.43. The summed E-state index contributed by atoms with van der Waals surface area (Å²) in [7, 11) is 0. The number of aliphatic hydroxyl groups excluding tert-OH is 1. The Morgan fingerprint density at radius 2 is 2.06 bits per heavy atom. The van der Waals surface area contributed by atoms with Crippen LogP contribution in [0.1, 0.15) is 36.9 Å². The van der Waals surface area contributed by atoms with Crippen LogP contribution in [0.15, 0.2) is 16.9 Å². The van der Waals surface area contributed by atoms with E-state index in [2.05, 4.69) is 0 Å². The van der Waals surface area contributed by atoms with Crippen LogP contribution in [-0.4, -0.2) is 16.3 Å². The summed E-state index contributed by atoms with van der Waals surface area (Å²) in [6.07, 6.45) is 6.15. The summed E-state index contributed by atoms with van der Waals surface area (Å²) >= 11 is 0. The number of unbranched alkanes of at least 4 members (excludes halogenated alkanes) is 2. The highest BCUT2D eigenvalue weighted by Crippen LogP contribution is 2.20. The molecule has 0 atom stereocenters. The fraction of sp³-hybridized carbons (Fsp3) is 0.615. The Balaban J connectivity index is 2.08. The van der Waals surface area contributed by atoms with Crippen LogP contribution >= 0.6 is 0 Å². The summed E-state index contributed by atoms with van der Waals surface area (Å²) in [5.41, 5.74) is 2.72. The Hall–Kier alpha value is -1.09. The van der Waals surface area contributed by atoms with Crippen molar-refractivity contribution < 1.29 is 5.11 Å². The van der Waals surface area contributed by atoms with Crippen molar-refractivity contribution in [3.05, 3.63) is 33.7 Å². The third kappa shape index (κ3) is 2.35. The molecule has 1 N–H and O–H groups in total. The standard InChI is InChI=1S/C13H19NO2/c15-10-3-1-2-9-14-12-6-4-5-11(12)7-8-13(14)16/h7-8,15H,1-6,9-10H2. The topological polar surface area (TPSA) is 42.2 Å². The zero-order valence-electron chi connectivity index (χ0n) is 9.61. The maximum absolute atomic E-state index is 11.8. The molecule has 3 heteroatoms. The smallest absolute Gasteiger partial charge is 0.250 e. The summed E-state index contributed by atoms with van der Waals surface area (Å²) in [6, 6.07) is 3.67. The van der Waals surface area contributed by atoms with Gasteiger partial charge in [0.1, 0.15) is 0 Å². The van der Waals surface area contributed by atoms with E-state index >= 15 is 0 Å².